The molecule has 3 aromatic rings. The summed E-state index contributed by atoms with van der Waals surface area (Å²) in [5, 5.41) is 0. The Morgan fingerprint density at radius 2 is 1.43 bits per heavy atom. The smallest absolute Gasteiger partial charge is 0.167 e. The molecule has 0 bridgehead atoms. The minimum absolute atomic E-state index is 0.104. The van der Waals surface area contributed by atoms with Gasteiger partial charge in [-0.15, -0.1) is 0 Å². The zero-order valence-electron chi connectivity index (χ0n) is 21.6. The Kier molecular flexibility index (Phi) is 7.36. The summed E-state index contributed by atoms with van der Waals surface area (Å²) in [6, 6.07) is 28.4. The lowest BCUT2D eigenvalue weighted by Gasteiger charge is -2.41. The SMILES string of the molecule is O=C1c2ccc(N3CCOCC3)cc2CCC1CN1CCN(C(c2ccccc2)c2ccccc2)CC1. The van der Waals surface area contributed by atoms with Crippen LogP contribution < -0.4 is 4.90 Å². The Labute approximate surface area is 220 Å². The lowest BCUT2D eigenvalue weighted by molar-refractivity contribution is 0.0746. The number of nitrogens with zero attached hydrogens (tertiary/aromatic N) is 3. The predicted octanol–water partition coefficient (Wildman–Crippen LogP) is 4.68. The zero-order chi connectivity index (χ0) is 25.0. The molecule has 3 aliphatic rings. The molecule has 0 spiro atoms. The number of carbonyl (C=O) groups excluding carboxylic acids is 1. The third-order valence-electron chi connectivity index (χ3n) is 8.34. The quantitative estimate of drug-likeness (QED) is 0.497. The zero-order valence-corrected chi connectivity index (χ0v) is 21.6. The Balaban J connectivity index is 1.09. The van der Waals surface area contributed by atoms with Crippen LogP contribution in [-0.4, -0.2) is 74.6 Å². The Bertz CT molecular complexity index is 1150. The summed E-state index contributed by atoms with van der Waals surface area (Å²) in [6.07, 6.45) is 1.95. The number of morpholine rings is 1. The van der Waals surface area contributed by atoms with Crippen LogP contribution in [0.1, 0.15) is 39.5 Å². The first-order chi connectivity index (χ1) is 18.3. The molecule has 37 heavy (non-hydrogen) atoms. The summed E-state index contributed by atoms with van der Waals surface area (Å²) >= 11 is 0. The van der Waals surface area contributed by atoms with Gasteiger partial charge in [-0.05, 0) is 47.7 Å². The van der Waals surface area contributed by atoms with Gasteiger partial charge in [-0.1, -0.05) is 60.7 Å². The van der Waals surface area contributed by atoms with E-state index in [1.165, 1.54) is 22.4 Å². The Morgan fingerprint density at radius 3 is 2.08 bits per heavy atom. The molecule has 2 saturated heterocycles. The van der Waals surface area contributed by atoms with Gasteiger partial charge in [-0.2, -0.15) is 0 Å². The van der Waals surface area contributed by atoms with E-state index in [0.717, 1.165) is 77.4 Å². The van der Waals surface area contributed by atoms with Crippen LogP contribution >= 0.6 is 0 Å². The van der Waals surface area contributed by atoms with Crippen LogP contribution in [0.15, 0.2) is 78.9 Å². The minimum atomic E-state index is 0.104. The predicted molar refractivity (Wildman–Crippen MR) is 148 cm³/mol. The van der Waals surface area contributed by atoms with Crippen LogP contribution in [0.25, 0.3) is 0 Å². The fraction of sp³-hybridized carbons (Fsp3) is 0.406. The van der Waals surface area contributed by atoms with Crippen molar-refractivity contribution in [2.75, 3.05) is 63.9 Å². The second kappa shape index (κ2) is 11.2. The maximum absolute atomic E-state index is 13.4. The van der Waals surface area contributed by atoms with Gasteiger partial charge < -0.3 is 14.5 Å². The summed E-state index contributed by atoms with van der Waals surface area (Å²) in [6.45, 7) is 8.31. The van der Waals surface area contributed by atoms with Gasteiger partial charge in [-0.25, -0.2) is 0 Å². The van der Waals surface area contributed by atoms with Gasteiger partial charge in [0.15, 0.2) is 5.78 Å². The highest BCUT2D eigenvalue weighted by Crippen LogP contribution is 2.32. The number of anilines is 1. The molecular formula is C32H37N3O2. The molecule has 0 aromatic heterocycles. The number of hydrogen-bond acceptors (Lipinski definition) is 5. The number of benzene rings is 3. The van der Waals surface area contributed by atoms with E-state index in [2.05, 4.69) is 93.6 Å². The maximum Gasteiger partial charge on any atom is 0.167 e. The van der Waals surface area contributed by atoms with Gasteiger partial charge in [0.2, 0.25) is 0 Å². The van der Waals surface area contributed by atoms with Crippen LogP contribution in [0.4, 0.5) is 5.69 Å². The number of aryl methyl sites for hydroxylation is 1. The molecule has 6 rings (SSSR count). The van der Waals surface area contributed by atoms with Crippen molar-refractivity contribution in [3.05, 3.63) is 101 Å². The monoisotopic (exact) mass is 495 g/mol. The first-order valence-electron chi connectivity index (χ1n) is 13.8. The van der Waals surface area contributed by atoms with Crippen molar-refractivity contribution in [2.24, 2.45) is 5.92 Å². The van der Waals surface area contributed by atoms with Gasteiger partial charge in [0, 0.05) is 63.0 Å². The van der Waals surface area contributed by atoms with E-state index in [-0.39, 0.29) is 12.0 Å². The normalized spacial score (nSPS) is 21.3. The number of hydrogen-bond donors (Lipinski definition) is 0. The largest absolute Gasteiger partial charge is 0.378 e. The van der Waals surface area contributed by atoms with Crippen molar-refractivity contribution in [1.29, 1.82) is 0 Å². The van der Waals surface area contributed by atoms with Crippen molar-refractivity contribution < 1.29 is 9.53 Å². The van der Waals surface area contributed by atoms with E-state index in [1.54, 1.807) is 0 Å². The van der Waals surface area contributed by atoms with E-state index in [4.69, 9.17) is 4.74 Å². The fourth-order valence-corrected chi connectivity index (χ4v) is 6.30. The van der Waals surface area contributed by atoms with Crippen LogP contribution in [0, 0.1) is 5.92 Å². The topological polar surface area (TPSA) is 36.0 Å². The lowest BCUT2D eigenvalue weighted by atomic mass is 9.82. The lowest BCUT2D eigenvalue weighted by Crippen LogP contribution is -2.50. The summed E-state index contributed by atoms with van der Waals surface area (Å²) < 4.78 is 5.50. The van der Waals surface area contributed by atoms with Crippen molar-refractivity contribution in [3.8, 4) is 0 Å². The fourth-order valence-electron chi connectivity index (χ4n) is 6.30. The standard InChI is InChI=1S/C32H37N3O2/c36-32-28(12-11-27-23-29(13-14-30(27)32)34-19-21-37-22-20-34)24-33-15-17-35(18-16-33)31(25-7-3-1-4-8-25)26-9-5-2-6-10-26/h1-10,13-14,23,28,31H,11-12,15-22,24H2. The molecule has 2 fully saturated rings. The third-order valence-corrected chi connectivity index (χ3v) is 8.34. The number of ketones is 1. The van der Waals surface area contributed by atoms with Crippen molar-refractivity contribution in [3.63, 3.8) is 0 Å². The van der Waals surface area contributed by atoms with Gasteiger partial charge in [0.1, 0.15) is 0 Å². The molecule has 5 nitrogen and oxygen atoms in total. The van der Waals surface area contributed by atoms with Gasteiger partial charge >= 0.3 is 0 Å². The van der Waals surface area contributed by atoms with E-state index in [9.17, 15) is 4.79 Å². The molecule has 1 atom stereocenters. The van der Waals surface area contributed by atoms with E-state index in [0.29, 0.717) is 5.78 Å². The minimum Gasteiger partial charge on any atom is -0.378 e. The molecule has 2 aliphatic heterocycles. The second-order valence-corrected chi connectivity index (χ2v) is 10.6. The molecule has 3 aromatic carbocycles. The number of piperazine rings is 1. The van der Waals surface area contributed by atoms with Gasteiger partial charge in [0.25, 0.3) is 0 Å². The molecule has 0 N–H and O–H groups in total. The first-order valence-corrected chi connectivity index (χ1v) is 13.8. The third kappa shape index (κ3) is 5.35. The van der Waals surface area contributed by atoms with Crippen molar-refractivity contribution in [1.82, 2.24) is 9.80 Å². The highest BCUT2D eigenvalue weighted by molar-refractivity contribution is 6.00. The maximum atomic E-state index is 13.4. The molecule has 5 heteroatoms. The second-order valence-electron chi connectivity index (χ2n) is 10.6. The van der Waals surface area contributed by atoms with Crippen LogP contribution in [0.3, 0.4) is 0 Å². The number of carbonyl (C=O) groups is 1. The number of rotatable bonds is 6. The molecule has 1 unspecified atom stereocenters. The average Bonchev–Trinajstić information content (AvgIpc) is 2.97. The van der Waals surface area contributed by atoms with Crippen LogP contribution in [0.2, 0.25) is 0 Å². The van der Waals surface area contributed by atoms with E-state index >= 15 is 0 Å². The van der Waals surface area contributed by atoms with Gasteiger partial charge in [-0.3, -0.25) is 9.69 Å². The first kappa shape index (κ1) is 24.4. The van der Waals surface area contributed by atoms with Crippen LogP contribution in [0.5, 0.6) is 0 Å². The molecule has 192 valence electrons. The summed E-state index contributed by atoms with van der Waals surface area (Å²) in [7, 11) is 0. The average molecular weight is 496 g/mol. The number of Topliss-reactive ketones (excluding diaryl/α,β-unsaturated/α-hetero) is 1. The van der Waals surface area contributed by atoms with Gasteiger partial charge in [0.05, 0.1) is 19.3 Å². The van der Waals surface area contributed by atoms with Crippen LogP contribution in [-0.2, 0) is 11.2 Å². The molecule has 1 aliphatic carbocycles. The molecule has 2 heterocycles. The molecule has 0 amide bonds. The Hall–Kier alpha value is -2.99. The van der Waals surface area contributed by atoms with Crippen molar-refractivity contribution >= 4 is 11.5 Å². The summed E-state index contributed by atoms with van der Waals surface area (Å²) in [4.78, 5) is 20.9. The highest BCUT2D eigenvalue weighted by atomic mass is 16.5. The molecule has 0 radical (unpaired) electrons. The number of ether oxygens (including phenoxy) is 1. The molecular weight excluding hydrogens is 458 g/mol. The number of fused-ring (bicyclic) bond motifs is 1. The molecule has 0 saturated carbocycles. The van der Waals surface area contributed by atoms with E-state index in [1.807, 2.05) is 0 Å². The van der Waals surface area contributed by atoms with Crippen molar-refractivity contribution in [2.45, 2.75) is 18.9 Å². The summed E-state index contributed by atoms with van der Waals surface area (Å²) in [5.74, 6) is 0.441. The van der Waals surface area contributed by atoms with E-state index < -0.39 is 0 Å². The Morgan fingerprint density at radius 1 is 0.784 bits per heavy atom. The summed E-state index contributed by atoms with van der Waals surface area (Å²) in [5.41, 5.74) is 6.09. The highest BCUT2D eigenvalue weighted by Gasteiger charge is 2.32.